The van der Waals surface area contributed by atoms with E-state index in [0.29, 0.717) is 17.1 Å². The topological polar surface area (TPSA) is 78.1 Å². The van der Waals surface area contributed by atoms with Crippen molar-refractivity contribution in [3.8, 4) is 11.4 Å². The Morgan fingerprint density at radius 3 is 2.63 bits per heavy atom. The highest BCUT2D eigenvalue weighted by Gasteiger charge is 2.14. The Labute approximate surface area is 110 Å². The Kier molecular flexibility index (Phi) is 3.56. The summed E-state index contributed by atoms with van der Waals surface area (Å²) in [5.74, 6) is -0.0833. The van der Waals surface area contributed by atoms with Gasteiger partial charge in [0.25, 0.3) is 0 Å². The molecule has 2 rings (SSSR count). The molecule has 5 heteroatoms. The van der Waals surface area contributed by atoms with Crippen LogP contribution in [0.15, 0.2) is 37.0 Å². The van der Waals surface area contributed by atoms with Crippen molar-refractivity contribution < 1.29 is 9.53 Å². The van der Waals surface area contributed by atoms with Crippen LogP contribution in [0.1, 0.15) is 16.1 Å². The van der Waals surface area contributed by atoms with Gasteiger partial charge in [0.2, 0.25) is 0 Å². The maximum atomic E-state index is 11.7. The molecule has 1 aromatic heterocycles. The number of aromatic nitrogens is 2. The van der Waals surface area contributed by atoms with E-state index in [1.165, 1.54) is 19.4 Å². The Morgan fingerprint density at radius 1 is 1.37 bits per heavy atom. The zero-order valence-electron chi connectivity index (χ0n) is 10.5. The molecule has 0 amide bonds. The Hall–Kier alpha value is -2.69. The van der Waals surface area contributed by atoms with E-state index in [0.717, 1.165) is 5.56 Å². The summed E-state index contributed by atoms with van der Waals surface area (Å²) in [5, 5.41) is 0. The van der Waals surface area contributed by atoms with Gasteiger partial charge < -0.3 is 10.5 Å². The third-order valence-electron chi connectivity index (χ3n) is 2.58. The zero-order valence-corrected chi connectivity index (χ0v) is 10.5. The number of nitrogens with two attached hydrogens (primary N) is 1. The summed E-state index contributed by atoms with van der Waals surface area (Å²) in [7, 11) is 1.31. The molecule has 5 nitrogen and oxygen atoms in total. The Morgan fingerprint density at radius 2 is 2.05 bits per heavy atom. The van der Waals surface area contributed by atoms with E-state index < -0.39 is 5.97 Å². The molecule has 96 valence electrons. The van der Waals surface area contributed by atoms with E-state index in [1.54, 1.807) is 24.3 Å². The third-order valence-corrected chi connectivity index (χ3v) is 2.58. The number of carbonyl (C=O) groups is 1. The number of benzene rings is 1. The first-order chi connectivity index (χ1) is 9.15. The molecular weight excluding hydrogens is 242 g/mol. The number of nitrogens with zero attached hydrogens (tertiary/aromatic N) is 2. The summed E-state index contributed by atoms with van der Waals surface area (Å²) in [6, 6.07) is 7.08. The van der Waals surface area contributed by atoms with E-state index in [9.17, 15) is 4.79 Å². The van der Waals surface area contributed by atoms with Gasteiger partial charge in [0, 0.05) is 23.0 Å². The second-order valence-corrected chi connectivity index (χ2v) is 3.82. The first kappa shape index (κ1) is 12.8. The maximum absolute atomic E-state index is 11.7. The largest absolute Gasteiger partial charge is 0.464 e. The van der Waals surface area contributed by atoms with E-state index >= 15 is 0 Å². The average molecular weight is 255 g/mol. The predicted molar refractivity (Wildman–Crippen MR) is 73.3 cm³/mol. The molecule has 2 aromatic rings. The average Bonchev–Trinajstić information content (AvgIpc) is 2.46. The summed E-state index contributed by atoms with van der Waals surface area (Å²) >= 11 is 0. The van der Waals surface area contributed by atoms with Crippen LogP contribution in [0.3, 0.4) is 0 Å². The lowest BCUT2D eigenvalue weighted by Gasteiger charge is -2.06. The van der Waals surface area contributed by atoms with Gasteiger partial charge in [-0.25, -0.2) is 14.8 Å². The maximum Gasteiger partial charge on any atom is 0.357 e. The van der Waals surface area contributed by atoms with Crippen LogP contribution in [0.4, 0.5) is 5.69 Å². The summed E-state index contributed by atoms with van der Waals surface area (Å²) in [5.41, 5.74) is 7.77. The van der Waals surface area contributed by atoms with Crippen molar-refractivity contribution in [1.29, 1.82) is 0 Å². The fourth-order valence-corrected chi connectivity index (χ4v) is 1.57. The van der Waals surface area contributed by atoms with Crippen molar-refractivity contribution in [3.63, 3.8) is 0 Å². The molecule has 2 N–H and O–H groups in total. The van der Waals surface area contributed by atoms with Crippen molar-refractivity contribution >= 4 is 17.7 Å². The first-order valence-electron chi connectivity index (χ1n) is 5.59. The van der Waals surface area contributed by atoms with Crippen LogP contribution < -0.4 is 5.73 Å². The van der Waals surface area contributed by atoms with Crippen LogP contribution >= 0.6 is 0 Å². The minimum atomic E-state index is -0.519. The monoisotopic (exact) mass is 255 g/mol. The molecule has 0 fully saturated rings. The molecule has 0 unspecified atom stereocenters. The number of rotatable bonds is 3. The number of hydrogen-bond acceptors (Lipinski definition) is 5. The molecule has 0 aliphatic heterocycles. The van der Waals surface area contributed by atoms with Crippen LogP contribution in [0.25, 0.3) is 17.5 Å². The van der Waals surface area contributed by atoms with Crippen molar-refractivity contribution in [2.75, 3.05) is 12.8 Å². The molecule has 0 saturated heterocycles. The number of ether oxygens (including phenoxy) is 1. The van der Waals surface area contributed by atoms with E-state index in [1.807, 2.05) is 0 Å². The summed E-state index contributed by atoms with van der Waals surface area (Å²) in [6.45, 7) is 3.62. The molecule has 0 saturated carbocycles. The summed E-state index contributed by atoms with van der Waals surface area (Å²) < 4.78 is 4.69. The smallest absolute Gasteiger partial charge is 0.357 e. The molecule has 19 heavy (non-hydrogen) atoms. The third kappa shape index (κ3) is 2.60. The SMILES string of the molecule is C=Cc1cnc(-c2ccc(N)cc2)nc1C(=O)OC. The van der Waals surface area contributed by atoms with Crippen molar-refractivity contribution in [1.82, 2.24) is 9.97 Å². The van der Waals surface area contributed by atoms with Crippen molar-refractivity contribution in [2.24, 2.45) is 0 Å². The molecule has 0 aliphatic rings. The summed E-state index contributed by atoms with van der Waals surface area (Å²) in [4.78, 5) is 20.1. The van der Waals surface area contributed by atoms with Crippen LogP contribution in [0, 0.1) is 0 Å². The van der Waals surface area contributed by atoms with Crippen LogP contribution in [0.5, 0.6) is 0 Å². The highest BCUT2D eigenvalue weighted by molar-refractivity contribution is 5.91. The van der Waals surface area contributed by atoms with E-state index in [-0.39, 0.29) is 5.69 Å². The second-order valence-electron chi connectivity index (χ2n) is 3.82. The minimum absolute atomic E-state index is 0.194. The van der Waals surface area contributed by atoms with Gasteiger partial charge in [-0.05, 0) is 24.3 Å². The lowest BCUT2D eigenvalue weighted by Crippen LogP contribution is -2.08. The molecule has 1 aromatic carbocycles. The minimum Gasteiger partial charge on any atom is -0.464 e. The molecule has 0 bridgehead atoms. The van der Waals surface area contributed by atoms with E-state index in [4.69, 9.17) is 10.5 Å². The second kappa shape index (κ2) is 5.30. The number of anilines is 1. The molecule has 0 aliphatic carbocycles. The lowest BCUT2D eigenvalue weighted by atomic mass is 10.1. The molecule has 0 spiro atoms. The zero-order chi connectivity index (χ0) is 13.8. The number of esters is 1. The molecular formula is C14H13N3O2. The van der Waals surface area contributed by atoms with Crippen molar-refractivity contribution in [3.05, 3.63) is 48.3 Å². The van der Waals surface area contributed by atoms with E-state index in [2.05, 4.69) is 16.5 Å². The van der Waals surface area contributed by atoms with Gasteiger partial charge >= 0.3 is 5.97 Å². The van der Waals surface area contributed by atoms with Crippen LogP contribution in [0.2, 0.25) is 0 Å². The number of carbonyl (C=O) groups excluding carboxylic acids is 1. The fourth-order valence-electron chi connectivity index (χ4n) is 1.57. The summed E-state index contributed by atoms with van der Waals surface area (Å²) in [6.07, 6.45) is 3.05. The van der Waals surface area contributed by atoms with Crippen LogP contribution in [-0.4, -0.2) is 23.0 Å². The normalized spacial score (nSPS) is 9.95. The fraction of sp³-hybridized carbons (Fsp3) is 0.0714. The highest BCUT2D eigenvalue weighted by Crippen LogP contribution is 2.18. The lowest BCUT2D eigenvalue weighted by molar-refractivity contribution is 0.0593. The van der Waals surface area contributed by atoms with Gasteiger partial charge in [0.15, 0.2) is 11.5 Å². The Bertz CT molecular complexity index is 621. The van der Waals surface area contributed by atoms with Crippen LogP contribution in [-0.2, 0) is 4.74 Å². The van der Waals surface area contributed by atoms with Gasteiger partial charge in [-0.2, -0.15) is 0 Å². The van der Waals surface area contributed by atoms with Gasteiger partial charge in [-0.15, -0.1) is 0 Å². The Balaban J connectivity index is 2.51. The highest BCUT2D eigenvalue weighted by atomic mass is 16.5. The van der Waals surface area contributed by atoms with Crippen molar-refractivity contribution in [2.45, 2.75) is 0 Å². The van der Waals surface area contributed by atoms with Gasteiger partial charge in [-0.3, -0.25) is 0 Å². The number of nitrogen functional groups attached to an aromatic ring is 1. The number of hydrogen-bond donors (Lipinski definition) is 1. The standard InChI is InChI=1S/C14H13N3O2/c1-3-9-8-16-13(17-12(9)14(18)19-2)10-4-6-11(15)7-5-10/h3-8H,1,15H2,2H3. The number of methoxy groups -OCH3 is 1. The first-order valence-corrected chi connectivity index (χ1v) is 5.59. The quantitative estimate of drug-likeness (QED) is 0.671. The van der Waals surface area contributed by atoms with Gasteiger partial charge in [0.1, 0.15) is 0 Å². The van der Waals surface area contributed by atoms with Gasteiger partial charge in [-0.1, -0.05) is 12.7 Å². The molecule has 0 radical (unpaired) electrons. The van der Waals surface area contributed by atoms with Gasteiger partial charge in [0.05, 0.1) is 7.11 Å². The molecule has 0 atom stereocenters. The molecule has 1 heterocycles. The predicted octanol–water partition coefficient (Wildman–Crippen LogP) is 2.16.